The first-order valence-electron chi connectivity index (χ1n) is 6.93. The van der Waals surface area contributed by atoms with Crippen molar-refractivity contribution in [1.82, 2.24) is 5.32 Å². The second-order valence-electron chi connectivity index (χ2n) is 5.22. The normalized spacial score (nSPS) is 21.3. The van der Waals surface area contributed by atoms with Crippen LogP contribution < -0.4 is 11.1 Å². The van der Waals surface area contributed by atoms with E-state index in [1.807, 2.05) is 0 Å². The lowest BCUT2D eigenvalue weighted by atomic mass is 9.98. The highest BCUT2D eigenvalue weighted by molar-refractivity contribution is 5.38. The van der Waals surface area contributed by atoms with Crippen molar-refractivity contribution in [3.8, 4) is 0 Å². The smallest absolute Gasteiger partial charge is 0.0208 e. The van der Waals surface area contributed by atoms with Crippen LogP contribution in [0.15, 0.2) is 54.6 Å². The Kier molecular flexibility index (Phi) is 3.62. The maximum atomic E-state index is 5.97. The van der Waals surface area contributed by atoms with Gasteiger partial charge in [0.2, 0.25) is 0 Å². The van der Waals surface area contributed by atoms with Gasteiger partial charge in [-0.3, -0.25) is 0 Å². The molecule has 0 aromatic heterocycles. The fraction of sp³-hybridized carbons (Fsp3) is 0.294. The zero-order valence-electron chi connectivity index (χ0n) is 11.0. The van der Waals surface area contributed by atoms with E-state index in [1.165, 1.54) is 16.7 Å². The number of rotatable bonds is 4. The van der Waals surface area contributed by atoms with Crippen molar-refractivity contribution in [2.45, 2.75) is 24.9 Å². The summed E-state index contributed by atoms with van der Waals surface area (Å²) >= 11 is 0. The van der Waals surface area contributed by atoms with E-state index < -0.39 is 0 Å². The lowest BCUT2D eigenvalue weighted by Gasteiger charge is -2.20. The monoisotopic (exact) mass is 252 g/mol. The van der Waals surface area contributed by atoms with Gasteiger partial charge in [-0.25, -0.2) is 0 Å². The van der Waals surface area contributed by atoms with Crippen LogP contribution >= 0.6 is 0 Å². The zero-order chi connectivity index (χ0) is 13.1. The highest BCUT2D eigenvalue weighted by atomic mass is 14.9. The van der Waals surface area contributed by atoms with Gasteiger partial charge in [-0.2, -0.15) is 0 Å². The summed E-state index contributed by atoms with van der Waals surface area (Å²) in [7, 11) is 0. The van der Waals surface area contributed by atoms with Crippen LogP contribution in [0.4, 0.5) is 0 Å². The predicted molar refractivity (Wildman–Crippen MR) is 79.0 cm³/mol. The minimum Gasteiger partial charge on any atom is -0.330 e. The van der Waals surface area contributed by atoms with Crippen LogP contribution in [0, 0.1) is 0 Å². The molecule has 0 radical (unpaired) electrons. The van der Waals surface area contributed by atoms with Gasteiger partial charge in [0.1, 0.15) is 0 Å². The molecule has 2 heteroatoms. The van der Waals surface area contributed by atoms with Crippen LogP contribution in [0.5, 0.6) is 0 Å². The van der Waals surface area contributed by atoms with Crippen LogP contribution in [0.3, 0.4) is 0 Å². The molecule has 0 heterocycles. The number of benzene rings is 2. The lowest BCUT2D eigenvalue weighted by Crippen LogP contribution is -2.35. The molecule has 0 aliphatic heterocycles. The summed E-state index contributed by atoms with van der Waals surface area (Å²) < 4.78 is 0. The molecule has 3 N–H and O–H groups in total. The van der Waals surface area contributed by atoms with E-state index in [1.54, 1.807) is 0 Å². The Balaban J connectivity index is 1.70. The van der Waals surface area contributed by atoms with Gasteiger partial charge in [-0.15, -0.1) is 0 Å². The maximum absolute atomic E-state index is 5.97. The minimum absolute atomic E-state index is 0.444. The van der Waals surface area contributed by atoms with Gasteiger partial charge >= 0.3 is 0 Å². The van der Waals surface area contributed by atoms with E-state index in [0.29, 0.717) is 18.5 Å². The molecular formula is C17H20N2. The van der Waals surface area contributed by atoms with Crippen molar-refractivity contribution in [2.75, 3.05) is 6.54 Å². The fourth-order valence-corrected chi connectivity index (χ4v) is 3.03. The summed E-state index contributed by atoms with van der Waals surface area (Å²) in [6.07, 6.45) is 1.09. The number of nitrogens with two attached hydrogens (primary N) is 1. The first-order valence-corrected chi connectivity index (χ1v) is 6.93. The van der Waals surface area contributed by atoms with Crippen molar-refractivity contribution < 1.29 is 0 Å². The molecule has 2 unspecified atom stereocenters. The third-order valence-corrected chi connectivity index (χ3v) is 4.05. The number of hydrogen-bond acceptors (Lipinski definition) is 2. The summed E-state index contributed by atoms with van der Waals surface area (Å²) in [6.45, 7) is 1.62. The standard InChI is InChI=1S/C17H20N2/c18-11-16-15-9-5-4-8-14(15)10-17(16)19-12-13-6-2-1-3-7-13/h1-9,16-17,19H,10-12,18H2. The summed E-state index contributed by atoms with van der Waals surface area (Å²) in [5.74, 6) is 0.444. The topological polar surface area (TPSA) is 38.0 Å². The number of nitrogens with one attached hydrogen (secondary N) is 1. The average molecular weight is 252 g/mol. The molecule has 1 aliphatic rings. The van der Waals surface area contributed by atoms with Crippen LogP contribution in [-0.4, -0.2) is 12.6 Å². The van der Waals surface area contributed by atoms with Gasteiger partial charge in [0.25, 0.3) is 0 Å². The SMILES string of the molecule is NCC1c2ccccc2CC1NCc1ccccc1. The molecule has 2 nitrogen and oxygen atoms in total. The fourth-order valence-electron chi connectivity index (χ4n) is 3.03. The van der Waals surface area contributed by atoms with Crippen LogP contribution in [-0.2, 0) is 13.0 Å². The lowest BCUT2D eigenvalue weighted by molar-refractivity contribution is 0.461. The van der Waals surface area contributed by atoms with Crippen molar-refractivity contribution in [3.05, 3.63) is 71.3 Å². The summed E-state index contributed by atoms with van der Waals surface area (Å²) in [4.78, 5) is 0. The molecule has 98 valence electrons. The molecule has 0 spiro atoms. The molecule has 0 bridgehead atoms. The van der Waals surface area contributed by atoms with Gasteiger partial charge in [-0.1, -0.05) is 54.6 Å². The van der Waals surface area contributed by atoms with Crippen LogP contribution in [0.25, 0.3) is 0 Å². The second-order valence-corrected chi connectivity index (χ2v) is 5.22. The Labute approximate surface area is 114 Å². The second kappa shape index (κ2) is 5.55. The summed E-state index contributed by atoms with van der Waals surface area (Å²) in [6, 6.07) is 19.7. The van der Waals surface area contributed by atoms with Crippen LogP contribution in [0.1, 0.15) is 22.6 Å². The highest BCUT2D eigenvalue weighted by Crippen LogP contribution is 2.32. The first-order chi connectivity index (χ1) is 9.38. The first kappa shape index (κ1) is 12.4. The molecule has 0 saturated heterocycles. The largest absolute Gasteiger partial charge is 0.330 e. The third-order valence-electron chi connectivity index (χ3n) is 4.05. The van der Waals surface area contributed by atoms with Gasteiger partial charge in [0.15, 0.2) is 0 Å². The Morgan fingerprint density at radius 2 is 1.74 bits per heavy atom. The molecule has 19 heavy (non-hydrogen) atoms. The zero-order valence-corrected chi connectivity index (χ0v) is 11.0. The van der Waals surface area contributed by atoms with Crippen molar-refractivity contribution in [2.24, 2.45) is 5.73 Å². The number of fused-ring (bicyclic) bond motifs is 1. The Hall–Kier alpha value is -1.64. The van der Waals surface area contributed by atoms with E-state index in [9.17, 15) is 0 Å². The van der Waals surface area contributed by atoms with E-state index in [4.69, 9.17) is 5.73 Å². The minimum atomic E-state index is 0.444. The van der Waals surface area contributed by atoms with E-state index in [2.05, 4.69) is 59.9 Å². The molecule has 0 saturated carbocycles. The third kappa shape index (κ3) is 2.55. The molecule has 0 amide bonds. The summed E-state index contributed by atoms with van der Waals surface area (Å²) in [5.41, 5.74) is 10.2. The number of hydrogen-bond donors (Lipinski definition) is 2. The van der Waals surface area contributed by atoms with E-state index >= 15 is 0 Å². The predicted octanol–water partition coefficient (Wildman–Crippen LogP) is 2.44. The summed E-state index contributed by atoms with van der Waals surface area (Å²) in [5, 5.41) is 3.67. The Morgan fingerprint density at radius 3 is 2.53 bits per heavy atom. The molecule has 0 fully saturated rings. The molecule has 1 aliphatic carbocycles. The molecule has 2 atom stereocenters. The molecule has 3 rings (SSSR count). The van der Waals surface area contributed by atoms with Crippen LogP contribution in [0.2, 0.25) is 0 Å². The van der Waals surface area contributed by atoms with E-state index in [0.717, 1.165) is 13.0 Å². The van der Waals surface area contributed by atoms with Gasteiger partial charge in [0.05, 0.1) is 0 Å². The highest BCUT2D eigenvalue weighted by Gasteiger charge is 2.30. The maximum Gasteiger partial charge on any atom is 0.0208 e. The quantitative estimate of drug-likeness (QED) is 0.877. The van der Waals surface area contributed by atoms with Gasteiger partial charge in [-0.05, 0) is 23.1 Å². The van der Waals surface area contributed by atoms with Gasteiger partial charge < -0.3 is 11.1 Å². The molecular weight excluding hydrogens is 232 g/mol. The van der Waals surface area contributed by atoms with Crippen molar-refractivity contribution >= 4 is 0 Å². The van der Waals surface area contributed by atoms with Gasteiger partial charge in [0, 0.05) is 25.0 Å². The van der Waals surface area contributed by atoms with E-state index in [-0.39, 0.29) is 0 Å². The molecule has 2 aromatic carbocycles. The molecule has 2 aromatic rings. The average Bonchev–Trinajstić information content (AvgIpc) is 2.83. The Bertz CT molecular complexity index is 536. The van der Waals surface area contributed by atoms with Crippen molar-refractivity contribution in [1.29, 1.82) is 0 Å². The van der Waals surface area contributed by atoms with Crippen molar-refractivity contribution in [3.63, 3.8) is 0 Å². The Morgan fingerprint density at radius 1 is 1.00 bits per heavy atom.